The van der Waals surface area contributed by atoms with Crippen LogP contribution in [-0.4, -0.2) is 45.9 Å². The van der Waals surface area contributed by atoms with E-state index in [2.05, 4.69) is 17.2 Å². The lowest BCUT2D eigenvalue weighted by atomic mass is 9.98. The van der Waals surface area contributed by atoms with Gasteiger partial charge in [-0.3, -0.25) is 9.98 Å². The molecule has 1 aliphatic carbocycles. The van der Waals surface area contributed by atoms with Crippen LogP contribution in [0.1, 0.15) is 49.8 Å². The van der Waals surface area contributed by atoms with Crippen LogP contribution >= 0.6 is 0 Å². The summed E-state index contributed by atoms with van der Waals surface area (Å²) in [7, 11) is 0. The molecule has 152 valence electrons. The number of aliphatic imine (C=N–C) groups is 1. The Kier molecular flexibility index (Phi) is 5.96. The Bertz CT molecular complexity index is 964. The third-order valence-electron chi connectivity index (χ3n) is 6.07. The van der Waals surface area contributed by atoms with Crippen LogP contribution in [0.15, 0.2) is 17.1 Å². The van der Waals surface area contributed by atoms with E-state index in [1.807, 2.05) is 0 Å². The smallest absolute Gasteiger partial charge is 0.159 e. The Morgan fingerprint density at radius 1 is 1.17 bits per heavy atom. The van der Waals surface area contributed by atoms with Crippen molar-refractivity contribution in [1.29, 1.82) is 5.26 Å². The quantitative estimate of drug-likeness (QED) is 0.461. The van der Waals surface area contributed by atoms with Gasteiger partial charge in [0, 0.05) is 48.8 Å². The second-order valence-electron chi connectivity index (χ2n) is 8.19. The molecule has 1 saturated heterocycles. The number of likely N-dealkylation sites (tertiary alicyclic amines) is 1. The fraction of sp³-hybridized carbons (Fsp3) is 0.522. The molecule has 0 saturated carbocycles. The first-order valence-corrected chi connectivity index (χ1v) is 10.7. The molecule has 0 bridgehead atoms. The molecule has 2 N–H and O–H groups in total. The van der Waals surface area contributed by atoms with Gasteiger partial charge in [0.25, 0.3) is 0 Å². The minimum absolute atomic E-state index is 0.135. The van der Waals surface area contributed by atoms with E-state index in [1.165, 1.54) is 12.0 Å². The Morgan fingerprint density at radius 2 is 2.00 bits per heavy atom. The van der Waals surface area contributed by atoms with E-state index in [0.717, 1.165) is 74.9 Å². The topological polar surface area (TPSA) is 92.7 Å². The van der Waals surface area contributed by atoms with E-state index in [-0.39, 0.29) is 11.5 Å². The zero-order valence-electron chi connectivity index (χ0n) is 16.8. The van der Waals surface area contributed by atoms with Crippen molar-refractivity contribution in [2.45, 2.75) is 51.4 Å². The Balaban J connectivity index is 1.70. The van der Waals surface area contributed by atoms with Crippen molar-refractivity contribution in [2.75, 3.05) is 19.6 Å². The molecule has 0 radical (unpaired) electrons. The van der Waals surface area contributed by atoms with Crippen molar-refractivity contribution in [2.24, 2.45) is 10.9 Å². The van der Waals surface area contributed by atoms with E-state index in [4.69, 9.17) is 15.2 Å². The maximum atomic E-state index is 10.1. The van der Waals surface area contributed by atoms with Crippen molar-refractivity contribution in [1.82, 2.24) is 9.88 Å². The number of aryl methyl sites for hydroxylation is 1. The van der Waals surface area contributed by atoms with E-state index >= 15 is 0 Å². The molecule has 6 heteroatoms. The molecule has 0 amide bonds. The van der Waals surface area contributed by atoms with Crippen molar-refractivity contribution in [3.63, 3.8) is 0 Å². The molecule has 2 heterocycles. The molecule has 1 aromatic heterocycles. The van der Waals surface area contributed by atoms with Crippen LogP contribution in [0.25, 0.3) is 10.9 Å². The molecule has 2 aromatic rings. The second kappa shape index (κ2) is 8.79. The molecule has 0 spiro atoms. The molecule has 29 heavy (non-hydrogen) atoms. The first-order valence-electron chi connectivity index (χ1n) is 10.7. The van der Waals surface area contributed by atoms with E-state index < -0.39 is 0 Å². The molecule has 6 nitrogen and oxygen atoms in total. The van der Waals surface area contributed by atoms with Gasteiger partial charge in [0.15, 0.2) is 11.5 Å². The molecule has 1 fully saturated rings. The summed E-state index contributed by atoms with van der Waals surface area (Å²) in [5.41, 5.74) is 3.85. The maximum absolute atomic E-state index is 10.1. The fourth-order valence-electron chi connectivity index (χ4n) is 4.55. The molecular weight excluding hydrogens is 364 g/mol. The number of benzene rings is 1. The Hall–Kier alpha value is -2.65. The number of piperidine rings is 1. The largest absolute Gasteiger partial charge is 0.504 e. The van der Waals surface area contributed by atoms with E-state index in [0.29, 0.717) is 17.9 Å². The summed E-state index contributed by atoms with van der Waals surface area (Å²) >= 11 is 0. The van der Waals surface area contributed by atoms with Gasteiger partial charge < -0.3 is 15.1 Å². The van der Waals surface area contributed by atoms with Crippen molar-refractivity contribution in [3.05, 3.63) is 23.4 Å². The summed E-state index contributed by atoms with van der Waals surface area (Å²) in [6.07, 6.45) is 10.1. The van der Waals surface area contributed by atoms with Gasteiger partial charge in [-0.2, -0.15) is 5.26 Å². The number of rotatable bonds is 4. The molecule has 1 atom stereocenters. The minimum atomic E-state index is -0.145. The monoisotopic (exact) mass is 392 g/mol. The van der Waals surface area contributed by atoms with Crippen molar-refractivity contribution in [3.8, 4) is 17.6 Å². The number of hydrogen-bond donors (Lipinski definition) is 2. The van der Waals surface area contributed by atoms with E-state index in [1.54, 1.807) is 12.1 Å². The lowest BCUT2D eigenvalue weighted by Crippen LogP contribution is -2.36. The SMILES string of the molecule is N#CCCN1CCCC(C=Nc2c3c(nc4cc(O)c(O)cc24)CCCCC3)C1. The highest BCUT2D eigenvalue weighted by atomic mass is 16.3. The van der Waals surface area contributed by atoms with Gasteiger partial charge in [0.1, 0.15) is 0 Å². The number of phenols is 2. The Morgan fingerprint density at radius 3 is 2.86 bits per heavy atom. The summed E-state index contributed by atoms with van der Waals surface area (Å²) in [6, 6.07) is 5.36. The summed E-state index contributed by atoms with van der Waals surface area (Å²) in [6.45, 7) is 2.80. The number of aromatic nitrogens is 1. The van der Waals surface area contributed by atoms with E-state index in [9.17, 15) is 10.2 Å². The molecule has 4 rings (SSSR count). The van der Waals surface area contributed by atoms with Gasteiger partial charge >= 0.3 is 0 Å². The summed E-state index contributed by atoms with van der Waals surface area (Å²) in [4.78, 5) is 12.1. The van der Waals surface area contributed by atoms with Crippen LogP contribution in [0, 0.1) is 17.2 Å². The lowest BCUT2D eigenvalue weighted by Gasteiger charge is -2.30. The average Bonchev–Trinajstić information content (AvgIpc) is 2.96. The van der Waals surface area contributed by atoms with Crippen molar-refractivity contribution < 1.29 is 10.2 Å². The predicted octanol–water partition coefficient (Wildman–Crippen LogP) is 4.24. The summed E-state index contributed by atoms with van der Waals surface area (Å²) < 4.78 is 0. The van der Waals surface area contributed by atoms with Crippen LogP contribution in [-0.2, 0) is 12.8 Å². The van der Waals surface area contributed by atoms with Crippen LogP contribution in [0.5, 0.6) is 11.5 Å². The molecular formula is C23H28N4O2. The van der Waals surface area contributed by atoms with Crippen LogP contribution in [0.4, 0.5) is 5.69 Å². The maximum Gasteiger partial charge on any atom is 0.159 e. The van der Waals surface area contributed by atoms with Gasteiger partial charge in [-0.05, 0) is 56.7 Å². The highest BCUT2D eigenvalue weighted by Crippen LogP contribution is 2.39. The number of aromatic hydroxyl groups is 2. The number of pyridine rings is 1. The third-order valence-corrected chi connectivity index (χ3v) is 6.07. The number of fused-ring (bicyclic) bond motifs is 2. The highest BCUT2D eigenvalue weighted by molar-refractivity contribution is 5.95. The fourth-order valence-corrected chi connectivity index (χ4v) is 4.55. The van der Waals surface area contributed by atoms with Crippen LogP contribution in [0.3, 0.4) is 0 Å². The standard InChI is InChI=1S/C23H28N4O2/c24-9-5-11-27-10-4-6-16(15-27)14-25-23-17-7-2-1-3-8-19(17)26-20-13-22(29)21(28)12-18(20)23/h12-14,16,28-29H,1-8,10-11,15H2. The third kappa shape index (κ3) is 4.35. The zero-order valence-corrected chi connectivity index (χ0v) is 16.8. The molecule has 1 aliphatic heterocycles. The number of hydrogen-bond acceptors (Lipinski definition) is 6. The highest BCUT2D eigenvalue weighted by Gasteiger charge is 2.21. The molecule has 1 unspecified atom stereocenters. The Labute approximate surface area is 171 Å². The van der Waals surface area contributed by atoms with Gasteiger partial charge in [-0.1, -0.05) is 6.42 Å². The molecule has 2 aliphatic rings. The number of nitriles is 1. The lowest BCUT2D eigenvalue weighted by molar-refractivity contribution is 0.210. The van der Waals surface area contributed by atoms with Crippen molar-refractivity contribution >= 4 is 22.8 Å². The minimum Gasteiger partial charge on any atom is -0.504 e. The number of phenolic OH excluding ortho intramolecular Hbond substituents is 2. The van der Waals surface area contributed by atoms with Gasteiger partial charge in [-0.15, -0.1) is 0 Å². The first-order chi connectivity index (χ1) is 14.2. The normalized spacial score (nSPS) is 20.4. The second-order valence-corrected chi connectivity index (χ2v) is 8.19. The summed E-state index contributed by atoms with van der Waals surface area (Å²) in [5, 5.41) is 29.7. The van der Waals surface area contributed by atoms with Gasteiger partial charge in [0.2, 0.25) is 0 Å². The molecule has 1 aromatic carbocycles. The first kappa shape index (κ1) is 19.7. The zero-order chi connectivity index (χ0) is 20.2. The van der Waals surface area contributed by atoms with Gasteiger partial charge in [-0.25, -0.2) is 0 Å². The van der Waals surface area contributed by atoms with Crippen LogP contribution < -0.4 is 0 Å². The van der Waals surface area contributed by atoms with Crippen LogP contribution in [0.2, 0.25) is 0 Å². The average molecular weight is 393 g/mol. The van der Waals surface area contributed by atoms with Gasteiger partial charge in [0.05, 0.1) is 17.3 Å². The predicted molar refractivity (Wildman–Crippen MR) is 114 cm³/mol. The summed E-state index contributed by atoms with van der Waals surface area (Å²) in [5.74, 6) is 0.0800. The number of nitrogens with zero attached hydrogens (tertiary/aromatic N) is 4.